The van der Waals surface area contributed by atoms with Crippen molar-refractivity contribution in [2.75, 3.05) is 31.5 Å². The van der Waals surface area contributed by atoms with E-state index in [4.69, 9.17) is 16.6 Å². The monoisotopic (exact) mass is 566 g/mol. The number of carboxylic acid groups (broad SMARTS) is 1. The number of hydrogen-bond acceptors (Lipinski definition) is 10. The van der Waals surface area contributed by atoms with Crippen LogP contribution in [-0.4, -0.2) is 106 Å². The van der Waals surface area contributed by atoms with Gasteiger partial charge in [0.05, 0.1) is 32.3 Å². The molecule has 0 radical (unpaired) electrons. The number of carbonyl (C=O) groups excluding carboxylic acids is 6. The molecule has 218 valence electrons. The Kier molecular flexibility index (Phi) is 11.7. The van der Waals surface area contributed by atoms with Crippen molar-refractivity contribution in [3.63, 3.8) is 0 Å². The van der Waals surface area contributed by atoms with Gasteiger partial charge < -0.3 is 48.5 Å². The van der Waals surface area contributed by atoms with Gasteiger partial charge in [0.2, 0.25) is 35.4 Å². The van der Waals surface area contributed by atoms with Crippen molar-refractivity contribution in [2.45, 2.75) is 37.9 Å². The van der Waals surface area contributed by atoms with Gasteiger partial charge >= 0.3 is 5.97 Å². The number of rotatable bonds is 6. The number of amides is 6. The third-order valence-corrected chi connectivity index (χ3v) is 5.04. The van der Waals surface area contributed by atoms with E-state index in [0.29, 0.717) is 0 Å². The van der Waals surface area contributed by atoms with E-state index in [0.717, 1.165) is 10.9 Å². The minimum absolute atomic E-state index is 0.0458. The molecule has 0 aromatic carbocycles. The quantitative estimate of drug-likeness (QED) is 0.0883. The molecule has 1 aliphatic rings. The second-order valence-electron chi connectivity index (χ2n) is 8.35. The molecule has 0 fully saturated rings. The average Bonchev–Trinajstić information content (AvgIpc) is 3.31. The zero-order valence-corrected chi connectivity index (χ0v) is 21.1. The predicted molar refractivity (Wildman–Crippen MR) is 134 cm³/mol. The molecule has 40 heavy (non-hydrogen) atoms. The number of nitrogens with zero attached hydrogens (tertiary/aromatic N) is 4. The van der Waals surface area contributed by atoms with Crippen LogP contribution in [0.4, 0.5) is 5.82 Å². The SMILES string of the molecule is NC(N)=NCCC[C@@H]1NC(=O)CNC(=O)CNC(=O)Cn2cc(nn2)NC(=O)[C@H](CC(=O)O)NC(=O)CNC1=O. The van der Waals surface area contributed by atoms with Crippen LogP contribution in [0, 0.1) is 0 Å². The van der Waals surface area contributed by atoms with E-state index in [2.05, 4.69) is 47.2 Å². The van der Waals surface area contributed by atoms with Gasteiger partial charge in [0, 0.05) is 6.54 Å². The summed E-state index contributed by atoms with van der Waals surface area (Å²) in [7, 11) is 0. The van der Waals surface area contributed by atoms with Gasteiger partial charge in [-0.2, -0.15) is 0 Å². The molecule has 20 nitrogen and oxygen atoms in total. The van der Waals surface area contributed by atoms with Crippen molar-refractivity contribution in [3.05, 3.63) is 6.20 Å². The summed E-state index contributed by atoms with van der Waals surface area (Å²) in [4.78, 5) is 89.3. The third kappa shape index (κ3) is 11.4. The molecule has 1 aliphatic heterocycles. The summed E-state index contributed by atoms with van der Waals surface area (Å²) in [6, 6.07) is -2.73. The smallest absolute Gasteiger partial charge is 0.305 e. The van der Waals surface area contributed by atoms with Crippen molar-refractivity contribution in [1.29, 1.82) is 0 Å². The fraction of sp³-hybridized carbons (Fsp3) is 0.500. The molecule has 0 saturated carbocycles. The Morgan fingerprint density at radius 2 is 1.55 bits per heavy atom. The summed E-state index contributed by atoms with van der Waals surface area (Å²) < 4.78 is 1.03. The molecule has 1 aromatic heterocycles. The molecule has 2 bridgehead atoms. The zero-order valence-electron chi connectivity index (χ0n) is 21.1. The number of aliphatic imine (C=N–C) groups is 1. The van der Waals surface area contributed by atoms with E-state index in [9.17, 15) is 33.6 Å². The van der Waals surface area contributed by atoms with Crippen LogP contribution in [0.25, 0.3) is 0 Å². The second kappa shape index (κ2) is 15.2. The number of anilines is 1. The number of nitrogens with one attached hydrogen (secondary N) is 6. The number of carboxylic acids is 1. The molecule has 2 rings (SSSR count). The number of carbonyl (C=O) groups is 7. The lowest BCUT2D eigenvalue weighted by molar-refractivity contribution is -0.140. The molecule has 1 aromatic rings. The highest BCUT2D eigenvalue weighted by molar-refractivity contribution is 5.99. The molecule has 11 N–H and O–H groups in total. The normalized spacial score (nSPS) is 19.9. The molecule has 0 aliphatic carbocycles. The van der Waals surface area contributed by atoms with Crippen molar-refractivity contribution < 1.29 is 38.7 Å². The Hall–Kier alpha value is -5.30. The number of aliphatic carboxylic acids is 1. The van der Waals surface area contributed by atoms with Crippen molar-refractivity contribution >= 4 is 53.2 Å². The van der Waals surface area contributed by atoms with Crippen molar-refractivity contribution in [3.8, 4) is 0 Å². The fourth-order valence-electron chi connectivity index (χ4n) is 3.21. The van der Waals surface area contributed by atoms with Gasteiger partial charge in [0.1, 0.15) is 18.6 Å². The number of aromatic nitrogens is 3. The minimum Gasteiger partial charge on any atom is -0.481 e. The lowest BCUT2D eigenvalue weighted by atomic mass is 10.1. The van der Waals surface area contributed by atoms with E-state index >= 15 is 0 Å². The molecule has 0 saturated heterocycles. The predicted octanol–water partition coefficient (Wildman–Crippen LogP) is -5.92. The van der Waals surface area contributed by atoms with Crippen LogP contribution >= 0.6 is 0 Å². The zero-order chi connectivity index (χ0) is 29.7. The molecule has 2 atom stereocenters. The van der Waals surface area contributed by atoms with Gasteiger partial charge in [-0.1, -0.05) is 5.21 Å². The maximum absolute atomic E-state index is 12.7. The first kappa shape index (κ1) is 30.9. The Bertz CT molecular complexity index is 1160. The first-order valence-electron chi connectivity index (χ1n) is 11.8. The fourth-order valence-corrected chi connectivity index (χ4v) is 3.21. The number of nitrogens with two attached hydrogens (primary N) is 2. The van der Waals surface area contributed by atoms with E-state index in [1.165, 1.54) is 0 Å². The van der Waals surface area contributed by atoms with Crippen LogP contribution in [0.3, 0.4) is 0 Å². The van der Waals surface area contributed by atoms with Crippen LogP contribution in [0.2, 0.25) is 0 Å². The van der Waals surface area contributed by atoms with E-state index in [1.54, 1.807) is 0 Å². The number of fused-ring (bicyclic) bond motifs is 2. The van der Waals surface area contributed by atoms with E-state index in [-0.39, 0.29) is 37.7 Å². The highest BCUT2D eigenvalue weighted by Crippen LogP contribution is 2.04. The summed E-state index contributed by atoms with van der Waals surface area (Å²) in [6.07, 6.45) is 0.667. The largest absolute Gasteiger partial charge is 0.481 e. The maximum Gasteiger partial charge on any atom is 0.305 e. The van der Waals surface area contributed by atoms with Crippen molar-refractivity contribution in [2.24, 2.45) is 16.5 Å². The van der Waals surface area contributed by atoms with E-state index in [1.807, 2.05) is 0 Å². The Labute approximate surface area is 226 Å². The molecular formula is C20H30N12O8. The molecule has 20 heteroatoms. The van der Waals surface area contributed by atoms with Crippen LogP contribution in [-0.2, 0) is 40.1 Å². The highest BCUT2D eigenvalue weighted by atomic mass is 16.4. The summed E-state index contributed by atoms with van der Waals surface area (Å²) in [5.74, 6) is -6.45. The maximum atomic E-state index is 12.7. The van der Waals surface area contributed by atoms with Gasteiger partial charge in [-0.25, -0.2) is 4.68 Å². The number of hydrogen-bond donors (Lipinski definition) is 9. The highest BCUT2D eigenvalue weighted by Gasteiger charge is 2.26. The van der Waals surface area contributed by atoms with E-state index < -0.39 is 79.6 Å². The lowest BCUT2D eigenvalue weighted by Crippen LogP contribution is -2.53. The molecular weight excluding hydrogens is 536 g/mol. The standard InChI is InChI=1S/C20H30N12O8/c21-20(22)23-3-1-2-10-18(39)26-7-15(35)28-11(4-17(37)38)19(40)29-12-8-32(31-30-12)9-16(36)25-5-13(33)24-6-14(34)27-10/h8,10-11H,1-7,9H2,(H,24,33)(H,25,36)(H,26,39)(H,27,34)(H,28,35)(H,29,40)(H,37,38)(H4,21,22,23)/t10-,11-/m0/s1. The average molecular weight is 567 g/mol. The Morgan fingerprint density at radius 1 is 0.925 bits per heavy atom. The Balaban J connectivity index is 2.20. The third-order valence-electron chi connectivity index (χ3n) is 5.04. The topological polar surface area (TPSA) is 307 Å². The molecule has 6 amide bonds. The van der Waals surface area contributed by atoms with Gasteiger partial charge in [-0.05, 0) is 12.8 Å². The van der Waals surface area contributed by atoms with Crippen LogP contribution in [0.1, 0.15) is 19.3 Å². The Morgan fingerprint density at radius 3 is 2.23 bits per heavy atom. The summed E-state index contributed by atoms with van der Waals surface area (Å²) in [6.45, 7) is -1.91. The molecule has 0 spiro atoms. The van der Waals surface area contributed by atoms with Crippen molar-refractivity contribution in [1.82, 2.24) is 41.6 Å². The minimum atomic E-state index is -1.56. The van der Waals surface area contributed by atoms with Gasteiger partial charge in [0.25, 0.3) is 0 Å². The van der Waals surface area contributed by atoms with Crippen LogP contribution in [0.5, 0.6) is 0 Å². The van der Waals surface area contributed by atoms with Gasteiger partial charge in [-0.15, -0.1) is 5.10 Å². The lowest BCUT2D eigenvalue weighted by Gasteiger charge is -2.19. The van der Waals surface area contributed by atoms with Crippen LogP contribution < -0.4 is 43.4 Å². The summed E-state index contributed by atoms with van der Waals surface area (Å²) in [5, 5.41) is 30.2. The molecule has 2 heterocycles. The first-order valence-corrected chi connectivity index (χ1v) is 11.8. The summed E-state index contributed by atoms with van der Waals surface area (Å²) >= 11 is 0. The van der Waals surface area contributed by atoms with Gasteiger partial charge in [-0.3, -0.25) is 38.6 Å². The molecule has 0 unspecified atom stereocenters. The summed E-state index contributed by atoms with van der Waals surface area (Å²) in [5.41, 5.74) is 10.5. The van der Waals surface area contributed by atoms with Crippen LogP contribution in [0.15, 0.2) is 11.2 Å². The number of guanidine groups is 1. The first-order chi connectivity index (χ1) is 18.9. The second-order valence-corrected chi connectivity index (χ2v) is 8.35. The van der Waals surface area contributed by atoms with Gasteiger partial charge in [0.15, 0.2) is 11.8 Å².